The van der Waals surface area contributed by atoms with E-state index < -0.39 is 0 Å². The maximum absolute atomic E-state index is 13.3. The third-order valence-corrected chi connectivity index (χ3v) is 4.77. The molecule has 138 valence electrons. The predicted molar refractivity (Wildman–Crippen MR) is 108 cm³/mol. The van der Waals surface area contributed by atoms with Gasteiger partial charge >= 0.3 is 0 Å². The van der Waals surface area contributed by atoms with Crippen LogP contribution in [0.5, 0.6) is 0 Å². The van der Waals surface area contributed by atoms with Crippen LogP contribution >= 0.6 is 0 Å². The zero-order valence-corrected chi connectivity index (χ0v) is 15.4. The van der Waals surface area contributed by atoms with Crippen LogP contribution in [0.4, 0.5) is 5.69 Å². The van der Waals surface area contributed by atoms with Gasteiger partial charge in [-0.2, -0.15) is 0 Å². The van der Waals surface area contributed by atoms with E-state index >= 15 is 0 Å². The van der Waals surface area contributed by atoms with Gasteiger partial charge < -0.3 is 4.90 Å². The Hall–Kier alpha value is -3.73. The predicted octanol–water partition coefficient (Wildman–Crippen LogP) is 3.50. The highest BCUT2D eigenvalue weighted by Gasteiger charge is 2.41. The first-order valence-electron chi connectivity index (χ1n) is 9.00. The first kappa shape index (κ1) is 17.7. The number of benzene rings is 2. The Labute approximate surface area is 163 Å². The maximum Gasteiger partial charge on any atom is 0.278 e. The Balaban J connectivity index is 1.79. The molecule has 2 aromatic carbocycles. The van der Waals surface area contributed by atoms with E-state index in [1.807, 2.05) is 79.8 Å². The number of para-hydroxylation sites is 1. The van der Waals surface area contributed by atoms with Crippen molar-refractivity contribution >= 4 is 23.1 Å². The number of pyridine rings is 1. The number of carbonyl (C=O) groups excluding carboxylic acids is 2. The number of nitrogens with zero attached hydrogens (tertiary/aromatic N) is 3. The van der Waals surface area contributed by atoms with Gasteiger partial charge in [0.2, 0.25) is 0 Å². The average molecular weight is 369 g/mol. The van der Waals surface area contributed by atoms with Crippen LogP contribution in [-0.2, 0) is 16.1 Å². The van der Waals surface area contributed by atoms with Crippen molar-refractivity contribution in [2.75, 3.05) is 11.9 Å². The van der Waals surface area contributed by atoms with E-state index in [-0.39, 0.29) is 18.4 Å². The van der Waals surface area contributed by atoms with E-state index in [4.69, 9.17) is 0 Å². The van der Waals surface area contributed by atoms with Crippen LogP contribution in [0.25, 0.3) is 5.57 Å². The third-order valence-electron chi connectivity index (χ3n) is 4.77. The highest BCUT2D eigenvalue weighted by Crippen LogP contribution is 2.34. The van der Waals surface area contributed by atoms with E-state index in [9.17, 15) is 9.59 Å². The second-order valence-corrected chi connectivity index (χ2v) is 6.54. The van der Waals surface area contributed by atoms with Crippen molar-refractivity contribution in [3.63, 3.8) is 0 Å². The summed E-state index contributed by atoms with van der Waals surface area (Å²) in [5, 5.41) is 0. The highest BCUT2D eigenvalue weighted by atomic mass is 16.2. The molecule has 1 aromatic heterocycles. The Kier molecular flexibility index (Phi) is 4.72. The number of anilines is 1. The molecule has 3 aromatic rings. The minimum atomic E-state index is -0.299. The summed E-state index contributed by atoms with van der Waals surface area (Å²) in [7, 11) is 1.81. The number of likely N-dealkylation sites (N-methyl/N-ethyl adjacent to an activating group) is 1. The molecule has 0 saturated carbocycles. The van der Waals surface area contributed by atoms with Crippen molar-refractivity contribution in [3.8, 4) is 0 Å². The van der Waals surface area contributed by atoms with Gasteiger partial charge in [0.15, 0.2) is 0 Å². The molecule has 4 rings (SSSR count). The van der Waals surface area contributed by atoms with Crippen molar-refractivity contribution in [1.82, 2.24) is 9.88 Å². The molecule has 0 aliphatic carbocycles. The summed E-state index contributed by atoms with van der Waals surface area (Å²) < 4.78 is 0. The molecule has 1 aliphatic rings. The fourth-order valence-corrected chi connectivity index (χ4v) is 3.33. The molecule has 5 heteroatoms. The van der Waals surface area contributed by atoms with E-state index in [0.717, 1.165) is 16.8 Å². The lowest BCUT2D eigenvalue weighted by molar-refractivity contribution is -0.137. The summed E-state index contributed by atoms with van der Waals surface area (Å²) in [6, 6.07) is 22.5. The lowest BCUT2D eigenvalue weighted by atomic mass is 10.0. The molecule has 2 amide bonds. The van der Waals surface area contributed by atoms with Crippen molar-refractivity contribution in [1.29, 1.82) is 0 Å². The molecule has 0 unspecified atom stereocenters. The molecule has 0 fully saturated rings. The van der Waals surface area contributed by atoms with Crippen molar-refractivity contribution in [2.45, 2.75) is 6.54 Å². The SMILES string of the molecule is CN(C1=C(c2ccccc2)C(=O)N(Cc2ccncc2)C1=O)c1ccccc1. The smallest absolute Gasteiger partial charge is 0.278 e. The van der Waals surface area contributed by atoms with Crippen molar-refractivity contribution in [3.05, 3.63) is 102 Å². The Bertz CT molecular complexity index is 1030. The molecule has 28 heavy (non-hydrogen) atoms. The fourth-order valence-electron chi connectivity index (χ4n) is 3.33. The highest BCUT2D eigenvalue weighted by molar-refractivity contribution is 6.36. The van der Waals surface area contributed by atoms with E-state index in [0.29, 0.717) is 11.3 Å². The summed E-state index contributed by atoms with van der Waals surface area (Å²) >= 11 is 0. The molecule has 5 nitrogen and oxygen atoms in total. The standard InChI is InChI=1S/C23H19N3O2/c1-25(19-10-6-3-7-11-19)21-20(18-8-4-2-5-9-18)22(27)26(23(21)28)16-17-12-14-24-15-13-17/h2-15H,16H2,1H3. The topological polar surface area (TPSA) is 53.5 Å². The molecular formula is C23H19N3O2. The normalized spacial score (nSPS) is 14.0. The molecule has 0 radical (unpaired) electrons. The van der Waals surface area contributed by atoms with Crippen LogP contribution in [0.2, 0.25) is 0 Å². The zero-order valence-electron chi connectivity index (χ0n) is 15.4. The molecule has 0 bridgehead atoms. The van der Waals surface area contributed by atoms with E-state index in [1.54, 1.807) is 17.3 Å². The Morgan fingerprint density at radius 1 is 0.821 bits per heavy atom. The molecule has 0 saturated heterocycles. The molecule has 0 atom stereocenters. The van der Waals surface area contributed by atoms with Gasteiger partial charge in [0, 0.05) is 25.1 Å². The first-order chi connectivity index (χ1) is 13.7. The summed E-state index contributed by atoms with van der Waals surface area (Å²) in [5.41, 5.74) is 3.24. The molecule has 2 heterocycles. The van der Waals surface area contributed by atoms with Gasteiger partial charge in [0.05, 0.1) is 12.1 Å². The van der Waals surface area contributed by atoms with Crippen LogP contribution in [-0.4, -0.2) is 28.7 Å². The fraction of sp³-hybridized carbons (Fsp3) is 0.0870. The van der Waals surface area contributed by atoms with Gasteiger partial charge in [-0.25, -0.2) is 0 Å². The van der Waals surface area contributed by atoms with Gasteiger partial charge in [-0.05, 0) is 35.4 Å². The summed E-state index contributed by atoms with van der Waals surface area (Å²) in [6.45, 7) is 0.211. The maximum atomic E-state index is 13.3. The van der Waals surface area contributed by atoms with E-state index in [1.165, 1.54) is 4.90 Å². The number of rotatable bonds is 5. The van der Waals surface area contributed by atoms with Gasteiger partial charge in [-0.1, -0.05) is 48.5 Å². The Morgan fingerprint density at radius 3 is 2.07 bits per heavy atom. The zero-order chi connectivity index (χ0) is 19.5. The summed E-state index contributed by atoms with van der Waals surface area (Å²) in [6.07, 6.45) is 3.31. The number of carbonyl (C=O) groups is 2. The van der Waals surface area contributed by atoms with Crippen LogP contribution in [0.1, 0.15) is 11.1 Å². The van der Waals surface area contributed by atoms with Gasteiger partial charge in [-0.15, -0.1) is 0 Å². The van der Waals surface area contributed by atoms with E-state index in [2.05, 4.69) is 4.98 Å². The van der Waals surface area contributed by atoms with Gasteiger partial charge in [0.1, 0.15) is 5.70 Å². The molecular weight excluding hydrogens is 350 g/mol. The van der Waals surface area contributed by atoms with Crippen molar-refractivity contribution < 1.29 is 9.59 Å². The largest absolute Gasteiger partial charge is 0.339 e. The lowest BCUT2D eigenvalue weighted by Gasteiger charge is -2.21. The Morgan fingerprint density at radius 2 is 1.43 bits per heavy atom. The monoisotopic (exact) mass is 369 g/mol. The average Bonchev–Trinajstić information content (AvgIpc) is 3.00. The molecule has 0 spiro atoms. The number of amides is 2. The quantitative estimate of drug-likeness (QED) is 0.646. The molecule has 0 N–H and O–H groups in total. The number of hydrogen-bond donors (Lipinski definition) is 0. The van der Waals surface area contributed by atoms with Crippen molar-refractivity contribution in [2.24, 2.45) is 0 Å². The summed E-state index contributed by atoms with van der Waals surface area (Å²) in [5.74, 6) is -0.585. The first-order valence-corrected chi connectivity index (χ1v) is 9.00. The van der Waals surface area contributed by atoms with Crippen LogP contribution in [0.3, 0.4) is 0 Å². The summed E-state index contributed by atoms with van der Waals surface area (Å²) in [4.78, 5) is 33.7. The number of imide groups is 1. The molecule has 1 aliphatic heterocycles. The number of hydrogen-bond acceptors (Lipinski definition) is 4. The van der Waals surface area contributed by atoms with Crippen LogP contribution < -0.4 is 4.90 Å². The van der Waals surface area contributed by atoms with Gasteiger partial charge in [-0.3, -0.25) is 19.5 Å². The second kappa shape index (κ2) is 7.48. The van der Waals surface area contributed by atoms with Crippen LogP contribution in [0.15, 0.2) is 90.9 Å². The minimum absolute atomic E-state index is 0.211. The second-order valence-electron chi connectivity index (χ2n) is 6.54. The third kappa shape index (κ3) is 3.18. The van der Waals surface area contributed by atoms with Crippen LogP contribution in [0, 0.1) is 0 Å². The number of aromatic nitrogens is 1. The van der Waals surface area contributed by atoms with Gasteiger partial charge in [0.25, 0.3) is 11.8 Å². The minimum Gasteiger partial charge on any atom is -0.339 e. The lowest BCUT2D eigenvalue weighted by Crippen LogP contribution is -2.33.